The molecule has 0 aliphatic heterocycles. The Bertz CT molecular complexity index is 885. The molecule has 1 heterocycles. The molecule has 2 aromatic carbocycles. The second-order valence-corrected chi connectivity index (χ2v) is 7.30. The first-order valence-electron chi connectivity index (χ1n) is 8.77. The fourth-order valence-corrected chi connectivity index (χ4v) is 3.42. The Labute approximate surface area is 163 Å². The molecular weight excluding hydrogens is 358 g/mol. The molecule has 3 aromatic rings. The molecular formula is C22H23NO3S. The molecule has 0 fully saturated rings. The highest BCUT2D eigenvalue weighted by Crippen LogP contribution is 2.21. The number of rotatable bonds is 7. The van der Waals surface area contributed by atoms with Crippen LogP contribution < -0.4 is 14.8 Å². The van der Waals surface area contributed by atoms with Gasteiger partial charge in [-0.15, -0.1) is 11.3 Å². The molecule has 0 bridgehead atoms. The van der Waals surface area contributed by atoms with Gasteiger partial charge in [-0.25, -0.2) is 0 Å². The quantitative estimate of drug-likeness (QED) is 0.617. The minimum absolute atomic E-state index is 0.0788. The van der Waals surface area contributed by atoms with Crippen LogP contribution in [0, 0.1) is 6.92 Å². The molecule has 1 atom stereocenters. The first-order valence-corrected chi connectivity index (χ1v) is 9.65. The van der Waals surface area contributed by atoms with Gasteiger partial charge < -0.3 is 14.8 Å². The van der Waals surface area contributed by atoms with Gasteiger partial charge in [-0.1, -0.05) is 29.8 Å². The van der Waals surface area contributed by atoms with Crippen molar-refractivity contribution in [3.05, 3.63) is 81.5 Å². The van der Waals surface area contributed by atoms with Gasteiger partial charge in [-0.3, -0.25) is 4.79 Å². The molecule has 0 saturated carbocycles. The smallest absolute Gasteiger partial charge is 0.261 e. The number of carbonyl (C=O) groups excluding carboxylic acids is 1. The van der Waals surface area contributed by atoms with Gasteiger partial charge in [0.2, 0.25) is 0 Å². The molecule has 1 amide bonds. The van der Waals surface area contributed by atoms with E-state index in [-0.39, 0.29) is 11.9 Å². The first kappa shape index (κ1) is 19.0. The van der Waals surface area contributed by atoms with Crippen LogP contribution in [0.1, 0.15) is 39.3 Å². The van der Waals surface area contributed by atoms with E-state index in [9.17, 15) is 4.79 Å². The van der Waals surface area contributed by atoms with Gasteiger partial charge in [-0.05, 0) is 55.1 Å². The number of methoxy groups -OCH3 is 1. The molecule has 1 unspecified atom stereocenters. The maximum atomic E-state index is 12.5. The second kappa shape index (κ2) is 8.73. The van der Waals surface area contributed by atoms with Crippen LogP contribution in [0.4, 0.5) is 0 Å². The molecule has 5 heteroatoms. The Morgan fingerprint density at radius 1 is 1.07 bits per heavy atom. The van der Waals surface area contributed by atoms with Gasteiger partial charge in [0.25, 0.3) is 5.91 Å². The van der Waals surface area contributed by atoms with E-state index < -0.39 is 0 Å². The van der Waals surface area contributed by atoms with E-state index in [1.54, 1.807) is 7.11 Å². The zero-order valence-electron chi connectivity index (χ0n) is 15.7. The lowest BCUT2D eigenvalue weighted by Crippen LogP contribution is -2.25. The minimum Gasteiger partial charge on any atom is -0.497 e. The summed E-state index contributed by atoms with van der Waals surface area (Å²) in [6.45, 7) is 4.45. The number of thiophene rings is 1. The average Bonchev–Trinajstić information content (AvgIpc) is 3.17. The van der Waals surface area contributed by atoms with Crippen molar-refractivity contribution in [2.75, 3.05) is 7.11 Å². The molecule has 0 radical (unpaired) electrons. The van der Waals surface area contributed by atoms with Crippen LogP contribution >= 0.6 is 11.3 Å². The summed E-state index contributed by atoms with van der Waals surface area (Å²) in [5, 5.41) is 4.99. The normalized spacial score (nSPS) is 11.7. The zero-order valence-corrected chi connectivity index (χ0v) is 16.5. The van der Waals surface area contributed by atoms with Crippen LogP contribution in [0.25, 0.3) is 0 Å². The summed E-state index contributed by atoms with van der Waals surface area (Å²) in [4.78, 5) is 13.2. The van der Waals surface area contributed by atoms with Crippen LogP contribution in [0.5, 0.6) is 11.5 Å². The standard InChI is InChI=1S/C22H23NO3S/c1-15-4-8-20(9-5-15)26-13-17-12-21(27-14-17)22(24)23-16(2)18-6-10-19(25-3)11-7-18/h4-12,14,16H,13H2,1-3H3,(H,23,24). The van der Waals surface area contributed by atoms with E-state index in [4.69, 9.17) is 9.47 Å². The molecule has 140 valence electrons. The van der Waals surface area contributed by atoms with E-state index in [2.05, 4.69) is 5.32 Å². The summed E-state index contributed by atoms with van der Waals surface area (Å²) in [6, 6.07) is 17.4. The maximum absolute atomic E-state index is 12.5. The van der Waals surface area contributed by atoms with Crippen LogP contribution in [0.15, 0.2) is 60.0 Å². The Morgan fingerprint density at radius 3 is 2.41 bits per heavy atom. The number of amides is 1. The van der Waals surface area contributed by atoms with Crippen molar-refractivity contribution < 1.29 is 14.3 Å². The summed E-state index contributed by atoms with van der Waals surface area (Å²) >= 11 is 1.43. The van der Waals surface area contributed by atoms with Crippen molar-refractivity contribution in [1.29, 1.82) is 0 Å². The maximum Gasteiger partial charge on any atom is 0.261 e. The summed E-state index contributed by atoms with van der Waals surface area (Å²) in [6.07, 6.45) is 0. The van der Waals surface area contributed by atoms with Gasteiger partial charge in [0.15, 0.2) is 0 Å². The molecule has 0 spiro atoms. The molecule has 1 aromatic heterocycles. The molecule has 0 aliphatic rings. The van der Waals surface area contributed by atoms with Crippen LogP contribution in [-0.2, 0) is 6.61 Å². The summed E-state index contributed by atoms with van der Waals surface area (Å²) in [7, 11) is 1.64. The SMILES string of the molecule is COc1ccc(C(C)NC(=O)c2cc(COc3ccc(C)cc3)cs2)cc1. The van der Waals surface area contributed by atoms with Crippen LogP contribution in [-0.4, -0.2) is 13.0 Å². The third-order valence-corrected chi connectivity index (χ3v) is 5.25. The molecule has 27 heavy (non-hydrogen) atoms. The van der Waals surface area contributed by atoms with E-state index in [1.165, 1.54) is 16.9 Å². The first-order chi connectivity index (χ1) is 13.0. The van der Waals surface area contributed by atoms with E-state index in [0.717, 1.165) is 22.6 Å². The number of ether oxygens (including phenoxy) is 2. The highest BCUT2D eigenvalue weighted by Gasteiger charge is 2.14. The van der Waals surface area contributed by atoms with Gasteiger partial charge in [0.1, 0.15) is 18.1 Å². The van der Waals surface area contributed by atoms with Crippen LogP contribution in [0.2, 0.25) is 0 Å². The van der Waals surface area contributed by atoms with E-state index in [1.807, 2.05) is 73.8 Å². The lowest BCUT2D eigenvalue weighted by molar-refractivity contribution is 0.0944. The van der Waals surface area contributed by atoms with Crippen molar-refractivity contribution in [3.63, 3.8) is 0 Å². The second-order valence-electron chi connectivity index (χ2n) is 6.39. The lowest BCUT2D eigenvalue weighted by Gasteiger charge is -2.14. The molecule has 1 N–H and O–H groups in total. The predicted octanol–water partition coefficient (Wildman–Crippen LogP) is 5.14. The Morgan fingerprint density at radius 2 is 1.74 bits per heavy atom. The van der Waals surface area contributed by atoms with Crippen molar-refractivity contribution in [3.8, 4) is 11.5 Å². The Kier molecular flexibility index (Phi) is 6.14. The number of hydrogen-bond acceptors (Lipinski definition) is 4. The molecule has 3 rings (SSSR count). The number of nitrogens with one attached hydrogen (secondary N) is 1. The van der Waals surface area contributed by atoms with E-state index in [0.29, 0.717) is 11.5 Å². The predicted molar refractivity (Wildman–Crippen MR) is 109 cm³/mol. The highest BCUT2D eigenvalue weighted by atomic mass is 32.1. The molecule has 4 nitrogen and oxygen atoms in total. The van der Waals surface area contributed by atoms with Gasteiger partial charge in [-0.2, -0.15) is 0 Å². The monoisotopic (exact) mass is 381 g/mol. The molecule has 0 saturated heterocycles. The topological polar surface area (TPSA) is 47.6 Å². The lowest BCUT2D eigenvalue weighted by atomic mass is 10.1. The number of carbonyl (C=O) groups is 1. The minimum atomic E-state index is -0.0854. The van der Waals surface area contributed by atoms with Crippen LogP contribution in [0.3, 0.4) is 0 Å². The van der Waals surface area contributed by atoms with Crippen molar-refractivity contribution in [2.45, 2.75) is 26.5 Å². The third-order valence-electron chi connectivity index (χ3n) is 4.27. The van der Waals surface area contributed by atoms with Gasteiger partial charge in [0, 0.05) is 5.56 Å². The number of aryl methyl sites for hydroxylation is 1. The fourth-order valence-electron chi connectivity index (χ4n) is 2.62. The highest BCUT2D eigenvalue weighted by molar-refractivity contribution is 7.12. The summed E-state index contributed by atoms with van der Waals surface area (Å²) < 4.78 is 10.9. The Hall–Kier alpha value is -2.79. The largest absolute Gasteiger partial charge is 0.497 e. The van der Waals surface area contributed by atoms with Gasteiger partial charge >= 0.3 is 0 Å². The van der Waals surface area contributed by atoms with E-state index >= 15 is 0 Å². The van der Waals surface area contributed by atoms with Crippen molar-refractivity contribution in [1.82, 2.24) is 5.32 Å². The fraction of sp³-hybridized carbons (Fsp3) is 0.227. The number of benzene rings is 2. The molecule has 0 aliphatic carbocycles. The average molecular weight is 381 g/mol. The third kappa shape index (κ3) is 5.11. The van der Waals surface area contributed by atoms with Crippen molar-refractivity contribution >= 4 is 17.2 Å². The Balaban J connectivity index is 1.56. The number of hydrogen-bond donors (Lipinski definition) is 1. The summed E-state index contributed by atoms with van der Waals surface area (Å²) in [5.74, 6) is 1.55. The summed E-state index contributed by atoms with van der Waals surface area (Å²) in [5.41, 5.74) is 3.22. The van der Waals surface area contributed by atoms with Gasteiger partial charge in [0.05, 0.1) is 18.0 Å². The van der Waals surface area contributed by atoms with Crippen molar-refractivity contribution in [2.24, 2.45) is 0 Å². The zero-order chi connectivity index (χ0) is 19.2.